The van der Waals surface area contributed by atoms with Crippen molar-refractivity contribution in [2.45, 2.75) is 79.1 Å². The van der Waals surface area contributed by atoms with Crippen LogP contribution in [0.2, 0.25) is 0 Å². The molecule has 0 bridgehead atoms. The van der Waals surface area contributed by atoms with Crippen molar-refractivity contribution in [2.24, 2.45) is 23.2 Å². The number of fused-ring (bicyclic) bond motifs is 1. The Hall–Kier alpha value is -2.15. The molecule has 0 heterocycles. The Morgan fingerprint density at radius 2 is 1.74 bits per heavy atom. The van der Waals surface area contributed by atoms with Crippen molar-refractivity contribution < 1.29 is 33.7 Å². The number of carbonyl (C=O) groups is 3. The van der Waals surface area contributed by atoms with E-state index in [4.69, 9.17) is 14.2 Å². The molecule has 2 aliphatic carbocycles. The van der Waals surface area contributed by atoms with Crippen LogP contribution in [0, 0.1) is 23.2 Å². The topological polar surface area (TPSA) is 99.1 Å². The zero-order chi connectivity index (χ0) is 23.5. The second-order valence-corrected chi connectivity index (χ2v) is 9.43. The van der Waals surface area contributed by atoms with Crippen LogP contribution in [0.5, 0.6) is 0 Å². The number of aliphatic hydroxyl groups excluding tert-OH is 1. The van der Waals surface area contributed by atoms with Crippen LogP contribution in [0.1, 0.15) is 60.8 Å². The average molecular weight is 437 g/mol. The van der Waals surface area contributed by atoms with Crippen molar-refractivity contribution in [2.75, 3.05) is 6.61 Å². The maximum atomic E-state index is 12.7. The maximum Gasteiger partial charge on any atom is 0.306 e. The Labute approximate surface area is 184 Å². The minimum atomic E-state index is -1.12. The summed E-state index contributed by atoms with van der Waals surface area (Å²) in [6.07, 6.45) is 0.511. The van der Waals surface area contributed by atoms with Gasteiger partial charge >= 0.3 is 17.9 Å². The molecule has 174 valence electrons. The van der Waals surface area contributed by atoms with Crippen molar-refractivity contribution >= 4 is 17.9 Å². The number of aliphatic hydroxyl groups is 1. The molecule has 2 aliphatic rings. The molecular weight excluding hydrogens is 400 g/mol. The fourth-order valence-electron chi connectivity index (χ4n) is 5.11. The Morgan fingerprint density at radius 1 is 1.13 bits per heavy atom. The van der Waals surface area contributed by atoms with Gasteiger partial charge in [-0.25, -0.2) is 0 Å². The minimum absolute atomic E-state index is 0.0739. The van der Waals surface area contributed by atoms with Gasteiger partial charge in [0.1, 0.15) is 6.10 Å². The van der Waals surface area contributed by atoms with Crippen LogP contribution in [0.15, 0.2) is 23.8 Å². The number of hydrogen-bond donors (Lipinski definition) is 1. The normalized spacial score (nSPS) is 32.5. The van der Waals surface area contributed by atoms with Crippen LogP contribution >= 0.6 is 0 Å². The van der Waals surface area contributed by atoms with Crippen molar-refractivity contribution in [3.05, 3.63) is 23.8 Å². The molecule has 1 N–H and O–H groups in total. The van der Waals surface area contributed by atoms with E-state index in [1.165, 1.54) is 13.8 Å². The van der Waals surface area contributed by atoms with Gasteiger partial charge < -0.3 is 19.3 Å². The molecule has 1 fully saturated rings. The number of allylic oxidation sites excluding steroid dienone is 2. The summed E-state index contributed by atoms with van der Waals surface area (Å²) in [7, 11) is 0. The number of rotatable bonds is 7. The highest BCUT2D eigenvalue weighted by molar-refractivity contribution is 5.70. The third kappa shape index (κ3) is 5.37. The first kappa shape index (κ1) is 25.1. The van der Waals surface area contributed by atoms with E-state index in [-0.39, 0.29) is 30.8 Å². The summed E-state index contributed by atoms with van der Waals surface area (Å²) in [6, 6.07) is 0. The van der Waals surface area contributed by atoms with Crippen LogP contribution in [0.3, 0.4) is 0 Å². The summed E-state index contributed by atoms with van der Waals surface area (Å²) in [6.45, 7) is 13.9. The average Bonchev–Trinajstić information content (AvgIpc) is 2.63. The van der Waals surface area contributed by atoms with E-state index < -0.39 is 41.6 Å². The third-order valence-corrected chi connectivity index (χ3v) is 6.49. The SMILES string of the molecule is C=C(C)C1CC(OC(C)=O)C2(CO)C(C1)C(C)=CC(OC(C)=O)C2OC(=O)CC(C)C. The van der Waals surface area contributed by atoms with Gasteiger partial charge in [-0.3, -0.25) is 14.4 Å². The predicted molar refractivity (Wildman–Crippen MR) is 115 cm³/mol. The fraction of sp³-hybridized carbons (Fsp3) is 0.708. The molecule has 2 rings (SSSR count). The fourth-order valence-corrected chi connectivity index (χ4v) is 5.11. The predicted octanol–water partition coefficient (Wildman–Crippen LogP) is 3.35. The lowest BCUT2D eigenvalue weighted by atomic mass is 9.53. The standard InChI is InChI=1S/C24H36O7/c1-13(2)8-22(28)31-23-20(29-16(6)26)9-15(5)19-10-18(14(3)4)11-21(30-17(7)27)24(19,23)12-25/h9,13,18-21,23,25H,3,8,10-12H2,1-2,4-7H3. The molecule has 0 aromatic carbocycles. The molecular formula is C24H36O7. The lowest BCUT2D eigenvalue weighted by molar-refractivity contribution is -0.219. The van der Waals surface area contributed by atoms with Gasteiger partial charge in [-0.05, 0) is 50.5 Å². The summed E-state index contributed by atoms with van der Waals surface area (Å²) in [5.74, 6) is -1.53. The second kappa shape index (κ2) is 9.98. The smallest absolute Gasteiger partial charge is 0.306 e. The van der Waals surface area contributed by atoms with Crippen LogP contribution in [-0.4, -0.2) is 47.9 Å². The summed E-state index contributed by atoms with van der Waals surface area (Å²) >= 11 is 0. The van der Waals surface area contributed by atoms with E-state index in [1.54, 1.807) is 6.08 Å². The summed E-state index contributed by atoms with van der Waals surface area (Å²) in [5, 5.41) is 10.7. The molecule has 1 saturated carbocycles. The van der Waals surface area contributed by atoms with Gasteiger partial charge in [0.05, 0.1) is 12.0 Å². The highest BCUT2D eigenvalue weighted by atomic mass is 16.6. The van der Waals surface area contributed by atoms with Crippen LogP contribution in [0.25, 0.3) is 0 Å². The first-order valence-corrected chi connectivity index (χ1v) is 10.9. The first-order chi connectivity index (χ1) is 14.4. The molecule has 0 aromatic heterocycles. The molecule has 0 saturated heterocycles. The van der Waals surface area contributed by atoms with Crippen molar-refractivity contribution in [3.8, 4) is 0 Å². The molecule has 6 unspecified atom stereocenters. The van der Waals surface area contributed by atoms with Gasteiger partial charge in [0, 0.05) is 20.3 Å². The number of ether oxygens (including phenoxy) is 3. The number of hydrogen-bond acceptors (Lipinski definition) is 7. The zero-order valence-electron chi connectivity index (χ0n) is 19.5. The van der Waals surface area contributed by atoms with E-state index in [0.717, 1.165) is 11.1 Å². The molecule has 6 atom stereocenters. The Morgan fingerprint density at radius 3 is 2.23 bits per heavy atom. The van der Waals surface area contributed by atoms with Gasteiger partial charge in [-0.2, -0.15) is 0 Å². The second-order valence-electron chi connectivity index (χ2n) is 9.43. The first-order valence-electron chi connectivity index (χ1n) is 10.9. The number of esters is 3. The number of carbonyl (C=O) groups excluding carboxylic acids is 3. The molecule has 31 heavy (non-hydrogen) atoms. The van der Waals surface area contributed by atoms with Crippen molar-refractivity contribution in [1.82, 2.24) is 0 Å². The Balaban J connectivity index is 2.62. The summed E-state index contributed by atoms with van der Waals surface area (Å²) in [5.41, 5.74) is 0.745. The lowest BCUT2D eigenvalue weighted by Crippen LogP contribution is -2.64. The zero-order valence-corrected chi connectivity index (χ0v) is 19.5. The molecule has 0 aliphatic heterocycles. The van der Waals surface area contributed by atoms with Gasteiger partial charge in [0.25, 0.3) is 0 Å². The molecule has 7 heteroatoms. The van der Waals surface area contributed by atoms with E-state index in [2.05, 4.69) is 6.58 Å². The Bertz CT molecular complexity index is 753. The molecule has 0 amide bonds. The monoisotopic (exact) mass is 436 g/mol. The Kier molecular flexibility index (Phi) is 8.09. The van der Waals surface area contributed by atoms with Gasteiger partial charge in [0.2, 0.25) is 0 Å². The maximum absolute atomic E-state index is 12.7. The van der Waals surface area contributed by atoms with Gasteiger partial charge in [0.15, 0.2) is 12.2 Å². The molecule has 7 nitrogen and oxygen atoms in total. The van der Waals surface area contributed by atoms with Gasteiger partial charge in [-0.1, -0.05) is 31.6 Å². The highest BCUT2D eigenvalue weighted by Crippen LogP contribution is 2.55. The lowest BCUT2D eigenvalue weighted by Gasteiger charge is -2.56. The van der Waals surface area contributed by atoms with Crippen molar-refractivity contribution in [1.29, 1.82) is 0 Å². The van der Waals surface area contributed by atoms with Gasteiger partial charge in [-0.15, -0.1) is 0 Å². The van der Waals surface area contributed by atoms with Crippen molar-refractivity contribution in [3.63, 3.8) is 0 Å². The summed E-state index contributed by atoms with van der Waals surface area (Å²) < 4.78 is 17.2. The van der Waals surface area contributed by atoms with Crippen LogP contribution in [0.4, 0.5) is 0 Å². The van der Waals surface area contributed by atoms with Crippen LogP contribution < -0.4 is 0 Å². The van der Waals surface area contributed by atoms with Crippen LogP contribution in [-0.2, 0) is 28.6 Å². The molecule has 0 radical (unpaired) electrons. The van der Waals surface area contributed by atoms with E-state index in [0.29, 0.717) is 12.8 Å². The molecule has 0 aromatic rings. The highest BCUT2D eigenvalue weighted by Gasteiger charge is 2.62. The third-order valence-electron chi connectivity index (χ3n) is 6.49. The molecule has 0 spiro atoms. The van der Waals surface area contributed by atoms with E-state index >= 15 is 0 Å². The largest absolute Gasteiger partial charge is 0.462 e. The van der Waals surface area contributed by atoms with E-state index in [9.17, 15) is 19.5 Å². The summed E-state index contributed by atoms with van der Waals surface area (Å²) in [4.78, 5) is 36.5. The quantitative estimate of drug-likeness (QED) is 0.371. The minimum Gasteiger partial charge on any atom is -0.462 e. The van der Waals surface area contributed by atoms with E-state index in [1.807, 2.05) is 27.7 Å².